The molecule has 1 aromatic heterocycles. The number of hydrogen-bond donors (Lipinski definition) is 1. The lowest BCUT2D eigenvalue weighted by molar-refractivity contribution is 1.07. The summed E-state index contributed by atoms with van der Waals surface area (Å²) in [5.41, 5.74) is 3.28. The van der Waals surface area contributed by atoms with Gasteiger partial charge >= 0.3 is 0 Å². The molecule has 0 radical (unpaired) electrons. The molecule has 3 rings (SSSR count). The van der Waals surface area contributed by atoms with Crippen LogP contribution in [0.2, 0.25) is 5.02 Å². The molecule has 2 nitrogen and oxygen atoms in total. The lowest BCUT2D eigenvalue weighted by Crippen LogP contribution is -2.01. The van der Waals surface area contributed by atoms with Gasteiger partial charge in [0.15, 0.2) is 0 Å². The minimum Gasteiger partial charge on any atom is -0.381 e. The van der Waals surface area contributed by atoms with E-state index in [2.05, 4.69) is 44.0 Å². The molecule has 0 amide bonds. The smallest absolute Gasteiger partial charge is 0.0469 e. The molecule has 21 heavy (non-hydrogen) atoms. The van der Waals surface area contributed by atoms with E-state index in [9.17, 15) is 0 Å². The van der Waals surface area contributed by atoms with Gasteiger partial charge in [0.2, 0.25) is 0 Å². The third kappa shape index (κ3) is 3.49. The first-order valence-corrected chi connectivity index (χ1v) is 7.81. The number of hydrogen-bond acceptors (Lipinski definition) is 1. The fourth-order valence-corrected chi connectivity index (χ4v) is 2.89. The van der Waals surface area contributed by atoms with E-state index in [0.29, 0.717) is 6.54 Å². The minimum absolute atomic E-state index is 0.696. The number of rotatable bonds is 4. The fraction of sp³-hybridized carbons (Fsp3) is 0.0588. The van der Waals surface area contributed by atoms with Crippen molar-refractivity contribution in [2.45, 2.75) is 6.54 Å². The van der Waals surface area contributed by atoms with Crippen LogP contribution in [0.5, 0.6) is 0 Å². The number of benzene rings is 2. The van der Waals surface area contributed by atoms with E-state index >= 15 is 0 Å². The molecule has 0 saturated carbocycles. The summed E-state index contributed by atoms with van der Waals surface area (Å²) in [7, 11) is 0. The highest BCUT2D eigenvalue weighted by molar-refractivity contribution is 9.10. The second kappa shape index (κ2) is 6.37. The molecule has 1 N–H and O–H groups in total. The van der Waals surface area contributed by atoms with Crippen molar-refractivity contribution < 1.29 is 0 Å². The third-order valence-corrected chi connectivity index (χ3v) is 4.09. The van der Waals surface area contributed by atoms with Crippen molar-refractivity contribution in [2.75, 3.05) is 5.32 Å². The Morgan fingerprint density at radius 2 is 1.81 bits per heavy atom. The summed E-state index contributed by atoms with van der Waals surface area (Å²) in [6.07, 6.45) is 4.06. The Hall–Kier alpha value is -1.71. The van der Waals surface area contributed by atoms with E-state index in [4.69, 9.17) is 11.6 Å². The molecule has 0 unspecified atom stereocenters. The summed E-state index contributed by atoms with van der Waals surface area (Å²) in [5, 5.41) is 4.17. The van der Waals surface area contributed by atoms with Gasteiger partial charge in [-0.2, -0.15) is 0 Å². The first-order valence-electron chi connectivity index (χ1n) is 6.63. The van der Waals surface area contributed by atoms with E-state index < -0.39 is 0 Å². The molecular formula is C17H14BrClN2. The van der Waals surface area contributed by atoms with Gasteiger partial charge in [0.25, 0.3) is 0 Å². The van der Waals surface area contributed by atoms with Gasteiger partial charge in [-0.1, -0.05) is 39.7 Å². The maximum Gasteiger partial charge on any atom is 0.0469 e. The van der Waals surface area contributed by atoms with Crippen molar-refractivity contribution in [2.24, 2.45) is 0 Å². The number of nitrogens with one attached hydrogen (secondary N) is 1. The van der Waals surface area contributed by atoms with Crippen molar-refractivity contribution in [1.82, 2.24) is 4.57 Å². The first kappa shape index (κ1) is 14.2. The SMILES string of the molecule is Clc1cc(Br)ccc1CNc1cccc(-n2cccc2)c1. The van der Waals surface area contributed by atoms with Gasteiger partial charge in [0.05, 0.1) is 0 Å². The Morgan fingerprint density at radius 1 is 1.00 bits per heavy atom. The van der Waals surface area contributed by atoms with Crippen molar-refractivity contribution in [3.05, 3.63) is 82.0 Å². The third-order valence-electron chi connectivity index (χ3n) is 3.25. The van der Waals surface area contributed by atoms with Gasteiger partial charge in [-0.15, -0.1) is 0 Å². The predicted octanol–water partition coefficient (Wildman–Crippen LogP) is 5.51. The molecular weight excluding hydrogens is 348 g/mol. The van der Waals surface area contributed by atoms with Crippen LogP contribution in [-0.4, -0.2) is 4.57 Å². The lowest BCUT2D eigenvalue weighted by Gasteiger charge is -2.10. The highest BCUT2D eigenvalue weighted by atomic mass is 79.9. The molecule has 0 atom stereocenters. The van der Waals surface area contributed by atoms with Gasteiger partial charge in [-0.25, -0.2) is 0 Å². The predicted molar refractivity (Wildman–Crippen MR) is 92.2 cm³/mol. The average Bonchev–Trinajstić information content (AvgIpc) is 3.01. The van der Waals surface area contributed by atoms with Gasteiger partial charge < -0.3 is 9.88 Å². The molecule has 0 aliphatic rings. The van der Waals surface area contributed by atoms with Crippen molar-refractivity contribution in [1.29, 1.82) is 0 Å². The Labute approximate surface area is 137 Å². The zero-order valence-electron chi connectivity index (χ0n) is 11.3. The van der Waals surface area contributed by atoms with Crippen LogP contribution in [0.25, 0.3) is 5.69 Å². The second-order valence-corrected chi connectivity index (χ2v) is 6.05. The van der Waals surface area contributed by atoms with Crippen molar-refractivity contribution in [3.8, 4) is 5.69 Å². The molecule has 0 aliphatic heterocycles. The van der Waals surface area contributed by atoms with E-state index in [1.54, 1.807) is 0 Å². The Bertz CT molecular complexity index is 738. The number of aromatic nitrogens is 1. The summed E-state index contributed by atoms with van der Waals surface area (Å²) in [5.74, 6) is 0. The van der Waals surface area contributed by atoms with E-state index in [0.717, 1.165) is 26.4 Å². The highest BCUT2D eigenvalue weighted by Gasteiger charge is 2.02. The number of nitrogens with zero attached hydrogens (tertiary/aromatic N) is 1. The topological polar surface area (TPSA) is 17.0 Å². The zero-order valence-corrected chi connectivity index (χ0v) is 13.6. The van der Waals surface area contributed by atoms with Crippen LogP contribution in [0.4, 0.5) is 5.69 Å². The minimum atomic E-state index is 0.696. The van der Waals surface area contributed by atoms with Crippen LogP contribution in [0.15, 0.2) is 71.5 Å². The summed E-state index contributed by atoms with van der Waals surface area (Å²) in [4.78, 5) is 0. The molecule has 4 heteroatoms. The quantitative estimate of drug-likeness (QED) is 0.649. The summed E-state index contributed by atoms with van der Waals surface area (Å²) in [6.45, 7) is 0.696. The average molecular weight is 362 g/mol. The molecule has 106 valence electrons. The molecule has 0 saturated heterocycles. The fourth-order valence-electron chi connectivity index (χ4n) is 2.15. The monoisotopic (exact) mass is 360 g/mol. The van der Waals surface area contributed by atoms with Crippen molar-refractivity contribution in [3.63, 3.8) is 0 Å². The Kier molecular flexibility index (Phi) is 4.32. The van der Waals surface area contributed by atoms with E-state index in [1.807, 2.05) is 48.8 Å². The van der Waals surface area contributed by atoms with Crippen LogP contribution >= 0.6 is 27.5 Å². The summed E-state index contributed by atoms with van der Waals surface area (Å²) >= 11 is 9.65. The van der Waals surface area contributed by atoms with E-state index in [-0.39, 0.29) is 0 Å². The molecule has 0 spiro atoms. The molecule has 0 bridgehead atoms. The molecule has 1 heterocycles. The first-order chi connectivity index (χ1) is 10.2. The lowest BCUT2D eigenvalue weighted by atomic mass is 10.2. The van der Waals surface area contributed by atoms with Crippen molar-refractivity contribution >= 4 is 33.2 Å². The van der Waals surface area contributed by atoms with Crippen LogP contribution in [0, 0.1) is 0 Å². The maximum absolute atomic E-state index is 6.23. The number of halogens is 2. The molecule has 3 aromatic rings. The van der Waals surface area contributed by atoms with Crippen LogP contribution in [-0.2, 0) is 6.54 Å². The molecule has 0 fully saturated rings. The largest absolute Gasteiger partial charge is 0.381 e. The normalized spacial score (nSPS) is 10.6. The van der Waals surface area contributed by atoms with Crippen LogP contribution in [0.3, 0.4) is 0 Å². The number of anilines is 1. The van der Waals surface area contributed by atoms with Gasteiger partial charge in [0.1, 0.15) is 0 Å². The van der Waals surface area contributed by atoms with Gasteiger partial charge in [0, 0.05) is 39.8 Å². The molecule has 0 aliphatic carbocycles. The molecule has 2 aromatic carbocycles. The highest BCUT2D eigenvalue weighted by Crippen LogP contribution is 2.23. The standard InChI is InChI=1S/C17H14BrClN2/c18-14-7-6-13(17(19)10-14)12-20-15-4-3-5-16(11-15)21-8-1-2-9-21/h1-11,20H,12H2. The summed E-state index contributed by atoms with van der Waals surface area (Å²) in [6, 6.07) is 18.3. The Morgan fingerprint density at radius 3 is 2.57 bits per heavy atom. The summed E-state index contributed by atoms with van der Waals surface area (Å²) < 4.78 is 3.07. The van der Waals surface area contributed by atoms with Crippen LogP contribution < -0.4 is 5.32 Å². The van der Waals surface area contributed by atoms with Gasteiger partial charge in [-0.3, -0.25) is 0 Å². The maximum atomic E-state index is 6.23. The zero-order chi connectivity index (χ0) is 14.7. The van der Waals surface area contributed by atoms with E-state index in [1.165, 1.54) is 0 Å². The Balaban J connectivity index is 1.75. The van der Waals surface area contributed by atoms with Crippen LogP contribution in [0.1, 0.15) is 5.56 Å². The second-order valence-electron chi connectivity index (χ2n) is 4.73. The van der Waals surface area contributed by atoms with Gasteiger partial charge in [-0.05, 0) is 48.0 Å².